The van der Waals surface area contributed by atoms with Crippen LogP contribution in [0, 0.1) is 5.92 Å². The lowest BCUT2D eigenvalue weighted by molar-refractivity contribution is 0.0782. The first kappa shape index (κ1) is 12.0. The van der Waals surface area contributed by atoms with E-state index in [1.54, 1.807) is 12.3 Å². The van der Waals surface area contributed by atoms with Crippen molar-refractivity contribution in [3.63, 3.8) is 0 Å². The maximum Gasteiger partial charge on any atom is 0.272 e. The van der Waals surface area contributed by atoms with Crippen molar-refractivity contribution in [2.24, 2.45) is 5.92 Å². The van der Waals surface area contributed by atoms with Gasteiger partial charge >= 0.3 is 0 Å². The van der Waals surface area contributed by atoms with Crippen molar-refractivity contribution in [1.29, 1.82) is 0 Å². The van der Waals surface area contributed by atoms with Gasteiger partial charge in [-0.15, -0.1) is 0 Å². The van der Waals surface area contributed by atoms with Gasteiger partial charge in [0.25, 0.3) is 5.91 Å². The van der Waals surface area contributed by atoms with Gasteiger partial charge in [0.05, 0.1) is 0 Å². The number of carbonyl (C=O) groups is 1. The molecule has 0 bridgehead atoms. The molecule has 1 aromatic rings. The third-order valence-electron chi connectivity index (χ3n) is 2.74. The first-order valence-corrected chi connectivity index (χ1v) is 7.09. The number of amides is 1. The second-order valence-corrected chi connectivity index (χ2v) is 5.48. The minimum atomic E-state index is 0.0379. The largest absolute Gasteiger partial charge is 0.337 e. The zero-order valence-corrected chi connectivity index (χ0v) is 11.9. The SMILES string of the molecule is O=C(c1ccc(Br)cn1)N1CCC(CBr)C1. The van der Waals surface area contributed by atoms with Gasteiger partial charge in [0.15, 0.2) is 0 Å². The second-order valence-electron chi connectivity index (χ2n) is 3.92. The van der Waals surface area contributed by atoms with Crippen LogP contribution in [0.15, 0.2) is 22.8 Å². The molecule has 1 aliphatic rings. The van der Waals surface area contributed by atoms with Crippen LogP contribution in [0.4, 0.5) is 0 Å². The fraction of sp³-hybridized carbons (Fsp3) is 0.455. The van der Waals surface area contributed by atoms with E-state index in [2.05, 4.69) is 36.8 Å². The van der Waals surface area contributed by atoms with Gasteiger partial charge in [-0.25, -0.2) is 4.98 Å². The summed E-state index contributed by atoms with van der Waals surface area (Å²) < 4.78 is 0.892. The van der Waals surface area contributed by atoms with E-state index in [0.29, 0.717) is 11.6 Å². The molecule has 5 heteroatoms. The monoisotopic (exact) mass is 346 g/mol. The van der Waals surface area contributed by atoms with E-state index in [1.165, 1.54) is 0 Å². The number of hydrogen-bond donors (Lipinski definition) is 0. The number of rotatable bonds is 2. The highest BCUT2D eigenvalue weighted by molar-refractivity contribution is 9.10. The van der Waals surface area contributed by atoms with Crippen LogP contribution in [0.25, 0.3) is 0 Å². The van der Waals surface area contributed by atoms with Crippen molar-refractivity contribution in [2.45, 2.75) is 6.42 Å². The van der Waals surface area contributed by atoms with E-state index < -0.39 is 0 Å². The Bertz CT molecular complexity index is 380. The Morgan fingerprint density at radius 2 is 2.38 bits per heavy atom. The van der Waals surface area contributed by atoms with E-state index in [1.807, 2.05) is 11.0 Å². The normalized spacial score (nSPS) is 20.1. The third kappa shape index (κ3) is 2.63. The summed E-state index contributed by atoms with van der Waals surface area (Å²) in [4.78, 5) is 18.1. The van der Waals surface area contributed by atoms with Crippen molar-refractivity contribution < 1.29 is 4.79 Å². The summed E-state index contributed by atoms with van der Waals surface area (Å²) >= 11 is 6.76. The zero-order valence-electron chi connectivity index (χ0n) is 8.70. The molecule has 16 heavy (non-hydrogen) atoms. The number of carbonyl (C=O) groups excluding carboxylic acids is 1. The smallest absolute Gasteiger partial charge is 0.272 e. The molecule has 2 rings (SSSR count). The highest BCUT2D eigenvalue weighted by atomic mass is 79.9. The van der Waals surface area contributed by atoms with Crippen LogP contribution in [0.2, 0.25) is 0 Å². The van der Waals surface area contributed by atoms with Gasteiger partial charge in [-0.3, -0.25) is 4.79 Å². The second kappa shape index (κ2) is 5.27. The molecule has 3 nitrogen and oxygen atoms in total. The summed E-state index contributed by atoms with van der Waals surface area (Å²) in [5.41, 5.74) is 0.526. The molecular formula is C11H12Br2N2O. The van der Waals surface area contributed by atoms with E-state index in [0.717, 1.165) is 29.3 Å². The number of hydrogen-bond acceptors (Lipinski definition) is 2. The Balaban J connectivity index is 2.05. The Morgan fingerprint density at radius 3 is 2.94 bits per heavy atom. The molecule has 0 aliphatic carbocycles. The van der Waals surface area contributed by atoms with Crippen LogP contribution in [0.5, 0.6) is 0 Å². The number of alkyl halides is 1. The Morgan fingerprint density at radius 1 is 1.56 bits per heavy atom. The summed E-state index contributed by atoms with van der Waals surface area (Å²) in [6.45, 7) is 1.68. The van der Waals surface area contributed by atoms with Crippen LogP contribution < -0.4 is 0 Å². The molecule has 0 N–H and O–H groups in total. The van der Waals surface area contributed by atoms with Crippen molar-refractivity contribution in [1.82, 2.24) is 9.88 Å². The lowest BCUT2D eigenvalue weighted by Crippen LogP contribution is -2.29. The molecule has 1 saturated heterocycles. The number of pyridine rings is 1. The maximum atomic E-state index is 12.1. The maximum absolute atomic E-state index is 12.1. The topological polar surface area (TPSA) is 33.2 Å². The minimum absolute atomic E-state index is 0.0379. The van der Waals surface area contributed by atoms with Crippen LogP contribution >= 0.6 is 31.9 Å². The summed E-state index contributed by atoms with van der Waals surface area (Å²) in [5, 5.41) is 0.963. The lowest BCUT2D eigenvalue weighted by atomic mass is 10.2. The molecule has 1 amide bonds. The molecule has 1 aliphatic heterocycles. The molecule has 1 unspecified atom stereocenters. The highest BCUT2D eigenvalue weighted by Crippen LogP contribution is 2.20. The van der Waals surface area contributed by atoms with Crippen LogP contribution in [-0.2, 0) is 0 Å². The number of halogens is 2. The molecule has 0 radical (unpaired) electrons. The van der Waals surface area contributed by atoms with E-state index >= 15 is 0 Å². The Kier molecular flexibility index (Phi) is 3.97. The number of likely N-dealkylation sites (tertiary alicyclic amines) is 1. The molecule has 1 fully saturated rings. The lowest BCUT2D eigenvalue weighted by Gasteiger charge is -2.15. The zero-order chi connectivity index (χ0) is 11.5. The van der Waals surface area contributed by atoms with Gasteiger partial charge in [0.2, 0.25) is 0 Å². The van der Waals surface area contributed by atoms with E-state index in [-0.39, 0.29) is 5.91 Å². The quantitative estimate of drug-likeness (QED) is 0.770. The molecule has 0 spiro atoms. The van der Waals surface area contributed by atoms with Crippen LogP contribution in [0.1, 0.15) is 16.9 Å². The third-order valence-corrected chi connectivity index (χ3v) is 4.12. The fourth-order valence-corrected chi connectivity index (χ4v) is 2.57. The Labute approximate surface area is 111 Å². The van der Waals surface area contributed by atoms with Gasteiger partial charge in [-0.05, 0) is 40.4 Å². The summed E-state index contributed by atoms with van der Waals surface area (Å²) in [6, 6.07) is 3.60. The molecular weight excluding hydrogens is 336 g/mol. The first-order valence-electron chi connectivity index (χ1n) is 5.17. The van der Waals surface area contributed by atoms with Crippen LogP contribution in [0.3, 0.4) is 0 Å². The minimum Gasteiger partial charge on any atom is -0.337 e. The molecule has 0 aromatic carbocycles. The van der Waals surface area contributed by atoms with Gasteiger partial charge in [-0.2, -0.15) is 0 Å². The highest BCUT2D eigenvalue weighted by Gasteiger charge is 2.26. The molecule has 1 aromatic heterocycles. The predicted octanol–water partition coefficient (Wildman–Crippen LogP) is 2.70. The van der Waals surface area contributed by atoms with Gasteiger partial charge in [-0.1, -0.05) is 15.9 Å². The Hall–Kier alpha value is -0.420. The average molecular weight is 348 g/mol. The van der Waals surface area contributed by atoms with Crippen LogP contribution in [-0.4, -0.2) is 34.2 Å². The van der Waals surface area contributed by atoms with Gasteiger partial charge < -0.3 is 4.90 Å². The number of nitrogens with zero attached hydrogens (tertiary/aromatic N) is 2. The molecule has 0 saturated carbocycles. The summed E-state index contributed by atoms with van der Waals surface area (Å²) in [7, 11) is 0. The van der Waals surface area contributed by atoms with Crippen molar-refractivity contribution in [2.75, 3.05) is 18.4 Å². The van der Waals surface area contributed by atoms with E-state index in [9.17, 15) is 4.79 Å². The predicted molar refractivity (Wildman–Crippen MR) is 69.7 cm³/mol. The summed E-state index contributed by atoms with van der Waals surface area (Å²) in [5.74, 6) is 0.621. The summed E-state index contributed by atoms with van der Waals surface area (Å²) in [6.07, 6.45) is 2.73. The molecule has 86 valence electrons. The molecule has 1 atom stereocenters. The standard InChI is InChI=1S/C11H12Br2N2O/c12-5-8-3-4-15(7-8)11(16)10-2-1-9(13)6-14-10/h1-2,6,8H,3-5,7H2. The van der Waals surface area contributed by atoms with Gasteiger partial charge in [0, 0.05) is 29.1 Å². The van der Waals surface area contributed by atoms with Gasteiger partial charge in [0.1, 0.15) is 5.69 Å². The molecule has 2 heterocycles. The van der Waals surface area contributed by atoms with Crippen molar-refractivity contribution in [3.05, 3.63) is 28.5 Å². The first-order chi connectivity index (χ1) is 7.70. The average Bonchev–Trinajstić information content (AvgIpc) is 2.77. The van der Waals surface area contributed by atoms with Crippen molar-refractivity contribution >= 4 is 37.8 Å². The van der Waals surface area contributed by atoms with Crippen molar-refractivity contribution in [3.8, 4) is 0 Å². The van der Waals surface area contributed by atoms with E-state index in [4.69, 9.17) is 0 Å². The fourth-order valence-electron chi connectivity index (χ4n) is 1.81. The number of aromatic nitrogens is 1.